The summed E-state index contributed by atoms with van der Waals surface area (Å²) in [5.41, 5.74) is 1.02. The van der Waals surface area contributed by atoms with E-state index in [1.165, 1.54) is 4.70 Å². The number of nitrogens with zero attached hydrogens (tertiary/aromatic N) is 3. The number of β-amino-alcohol motifs (C(OH)–C–C–N with tert-alkyl or cyclic N) is 1. The number of hydrogen-bond acceptors (Lipinski definition) is 5. The molecule has 0 bridgehead atoms. The van der Waals surface area contributed by atoms with Gasteiger partial charge in [0.2, 0.25) is 5.91 Å². The molecular weight excluding hydrogens is 310 g/mol. The third-order valence-corrected chi connectivity index (χ3v) is 5.23. The predicted octanol–water partition coefficient (Wildman–Crippen LogP) is 1.75. The maximum Gasteiger partial charge on any atom is 0.223 e. The second-order valence-corrected chi connectivity index (χ2v) is 7.22. The molecular formula is C17H23N3O2S. The fourth-order valence-electron chi connectivity index (χ4n) is 2.95. The molecule has 5 nitrogen and oxygen atoms in total. The van der Waals surface area contributed by atoms with E-state index in [0.29, 0.717) is 19.4 Å². The van der Waals surface area contributed by atoms with Crippen LogP contribution in [0.4, 0.5) is 0 Å². The number of aromatic nitrogens is 1. The van der Waals surface area contributed by atoms with E-state index in [1.807, 2.05) is 23.1 Å². The van der Waals surface area contributed by atoms with Crippen LogP contribution in [-0.2, 0) is 11.2 Å². The summed E-state index contributed by atoms with van der Waals surface area (Å²) in [6.07, 6.45) is 0.929. The van der Waals surface area contributed by atoms with Gasteiger partial charge >= 0.3 is 0 Å². The third-order valence-electron chi connectivity index (χ3n) is 4.14. The van der Waals surface area contributed by atoms with Gasteiger partial charge in [-0.3, -0.25) is 9.69 Å². The van der Waals surface area contributed by atoms with E-state index in [1.54, 1.807) is 18.3 Å². The van der Waals surface area contributed by atoms with Gasteiger partial charge in [-0.05, 0) is 19.1 Å². The van der Waals surface area contributed by atoms with Crippen LogP contribution >= 0.6 is 11.3 Å². The quantitative estimate of drug-likeness (QED) is 0.906. The van der Waals surface area contributed by atoms with Crippen LogP contribution in [0.2, 0.25) is 0 Å². The number of aliphatic hydroxyl groups excluding tert-OH is 1. The highest BCUT2D eigenvalue weighted by atomic mass is 32.1. The lowest BCUT2D eigenvalue weighted by molar-refractivity contribution is -0.133. The number of carbonyl (C=O) groups excluding carboxylic acids is 1. The predicted molar refractivity (Wildman–Crippen MR) is 92.6 cm³/mol. The third kappa shape index (κ3) is 4.28. The molecule has 1 saturated heterocycles. The molecule has 1 fully saturated rings. The number of rotatable bonds is 5. The fourth-order valence-corrected chi connectivity index (χ4v) is 3.92. The summed E-state index contributed by atoms with van der Waals surface area (Å²) in [5.74, 6) is 0.209. The molecule has 6 heteroatoms. The minimum Gasteiger partial charge on any atom is -0.392 e. The molecule has 1 aromatic carbocycles. The smallest absolute Gasteiger partial charge is 0.223 e. The monoisotopic (exact) mass is 333 g/mol. The second-order valence-electron chi connectivity index (χ2n) is 6.11. The molecule has 0 spiro atoms. The Morgan fingerprint density at radius 3 is 2.74 bits per heavy atom. The number of para-hydroxylation sites is 1. The highest BCUT2D eigenvalue weighted by Crippen LogP contribution is 2.22. The van der Waals surface area contributed by atoms with E-state index in [9.17, 15) is 9.90 Å². The van der Waals surface area contributed by atoms with Crippen molar-refractivity contribution in [3.63, 3.8) is 0 Å². The Bertz CT molecular complexity index is 630. The van der Waals surface area contributed by atoms with Gasteiger partial charge in [-0.15, -0.1) is 11.3 Å². The Morgan fingerprint density at radius 1 is 1.30 bits per heavy atom. The van der Waals surface area contributed by atoms with Crippen molar-refractivity contribution in [3.05, 3.63) is 29.3 Å². The van der Waals surface area contributed by atoms with E-state index >= 15 is 0 Å². The number of carbonyl (C=O) groups is 1. The van der Waals surface area contributed by atoms with Crippen LogP contribution in [0.3, 0.4) is 0 Å². The molecule has 1 aliphatic rings. The van der Waals surface area contributed by atoms with Gasteiger partial charge in [0.25, 0.3) is 0 Å². The summed E-state index contributed by atoms with van der Waals surface area (Å²) in [6.45, 7) is 5.69. The largest absolute Gasteiger partial charge is 0.392 e. The van der Waals surface area contributed by atoms with Crippen LogP contribution in [0.25, 0.3) is 10.2 Å². The molecule has 0 aliphatic carbocycles. The van der Waals surface area contributed by atoms with E-state index in [2.05, 4.69) is 16.0 Å². The number of aliphatic hydroxyl groups is 1. The molecule has 0 saturated carbocycles. The van der Waals surface area contributed by atoms with Crippen LogP contribution in [0.15, 0.2) is 24.3 Å². The maximum absolute atomic E-state index is 12.4. The Kier molecular flexibility index (Phi) is 5.25. The molecule has 1 aliphatic heterocycles. The van der Waals surface area contributed by atoms with Crippen molar-refractivity contribution in [1.29, 1.82) is 0 Å². The summed E-state index contributed by atoms with van der Waals surface area (Å²) >= 11 is 1.68. The zero-order valence-corrected chi connectivity index (χ0v) is 14.3. The van der Waals surface area contributed by atoms with Gasteiger partial charge < -0.3 is 10.0 Å². The Morgan fingerprint density at radius 2 is 2.04 bits per heavy atom. The lowest BCUT2D eigenvalue weighted by Gasteiger charge is -2.35. The van der Waals surface area contributed by atoms with Crippen molar-refractivity contribution in [1.82, 2.24) is 14.8 Å². The highest BCUT2D eigenvalue weighted by Gasteiger charge is 2.21. The number of thiazole rings is 1. The number of amides is 1. The summed E-state index contributed by atoms with van der Waals surface area (Å²) in [4.78, 5) is 21.1. The Labute approximate surface area is 140 Å². The average molecular weight is 333 g/mol. The van der Waals surface area contributed by atoms with Crippen molar-refractivity contribution in [3.8, 4) is 0 Å². The number of hydrogen-bond donors (Lipinski definition) is 1. The normalized spacial score (nSPS) is 17.6. The van der Waals surface area contributed by atoms with Crippen molar-refractivity contribution in [2.24, 2.45) is 0 Å². The van der Waals surface area contributed by atoms with Gasteiger partial charge in [0, 0.05) is 45.6 Å². The number of piperazine rings is 1. The molecule has 1 aromatic heterocycles. The highest BCUT2D eigenvalue weighted by molar-refractivity contribution is 7.18. The van der Waals surface area contributed by atoms with Crippen LogP contribution < -0.4 is 0 Å². The van der Waals surface area contributed by atoms with Crippen LogP contribution in [0, 0.1) is 0 Å². The van der Waals surface area contributed by atoms with E-state index in [4.69, 9.17) is 0 Å². The van der Waals surface area contributed by atoms with Gasteiger partial charge in [-0.2, -0.15) is 0 Å². The maximum atomic E-state index is 12.4. The lowest BCUT2D eigenvalue weighted by atomic mass is 10.2. The van der Waals surface area contributed by atoms with Crippen molar-refractivity contribution >= 4 is 27.5 Å². The molecule has 0 unspecified atom stereocenters. The van der Waals surface area contributed by atoms with Crippen LogP contribution in [0.5, 0.6) is 0 Å². The SMILES string of the molecule is C[C@H](O)CN1CCN(C(=O)CCc2nc3ccccc3s2)CC1. The van der Waals surface area contributed by atoms with Crippen molar-refractivity contribution < 1.29 is 9.90 Å². The fraction of sp³-hybridized carbons (Fsp3) is 0.529. The standard InChI is InChI=1S/C17H23N3O2S/c1-13(21)12-19-8-10-20(11-9-19)17(22)7-6-16-18-14-4-2-3-5-15(14)23-16/h2-5,13,21H,6-12H2,1H3/t13-/m0/s1. The molecule has 3 rings (SSSR count). The molecule has 124 valence electrons. The lowest BCUT2D eigenvalue weighted by Crippen LogP contribution is -2.50. The summed E-state index contributed by atoms with van der Waals surface area (Å²) in [6, 6.07) is 8.09. The Hall–Kier alpha value is -1.50. The second kappa shape index (κ2) is 7.38. The molecule has 23 heavy (non-hydrogen) atoms. The van der Waals surface area contributed by atoms with Crippen LogP contribution in [0.1, 0.15) is 18.4 Å². The molecule has 1 amide bonds. The first-order valence-electron chi connectivity index (χ1n) is 8.14. The first kappa shape index (κ1) is 16.4. The topological polar surface area (TPSA) is 56.7 Å². The minimum absolute atomic E-state index is 0.209. The van der Waals surface area contributed by atoms with Crippen molar-refractivity contribution in [2.75, 3.05) is 32.7 Å². The molecule has 0 radical (unpaired) electrons. The molecule has 1 N–H and O–H groups in total. The average Bonchev–Trinajstić information content (AvgIpc) is 2.95. The van der Waals surface area contributed by atoms with E-state index in [0.717, 1.165) is 36.7 Å². The summed E-state index contributed by atoms with van der Waals surface area (Å²) < 4.78 is 1.18. The van der Waals surface area contributed by atoms with Gasteiger partial charge in [0.05, 0.1) is 21.3 Å². The summed E-state index contributed by atoms with van der Waals surface area (Å²) in [5, 5.41) is 10.5. The minimum atomic E-state index is -0.309. The first-order valence-corrected chi connectivity index (χ1v) is 8.96. The number of aryl methyl sites for hydroxylation is 1. The Balaban J connectivity index is 1.48. The van der Waals surface area contributed by atoms with Gasteiger partial charge in [0.15, 0.2) is 0 Å². The molecule has 1 atom stereocenters. The van der Waals surface area contributed by atoms with E-state index in [-0.39, 0.29) is 12.0 Å². The zero-order chi connectivity index (χ0) is 16.2. The van der Waals surface area contributed by atoms with Gasteiger partial charge in [0.1, 0.15) is 0 Å². The number of fused-ring (bicyclic) bond motifs is 1. The van der Waals surface area contributed by atoms with Crippen molar-refractivity contribution in [2.45, 2.75) is 25.9 Å². The van der Waals surface area contributed by atoms with Gasteiger partial charge in [-0.25, -0.2) is 4.98 Å². The summed E-state index contributed by atoms with van der Waals surface area (Å²) in [7, 11) is 0. The first-order chi connectivity index (χ1) is 11.1. The van der Waals surface area contributed by atoms with E-state index < -0.39 is 0 Å². The number of benzene rings is 1. The molecule has 2 heterocycles. The molecule has 2 aromatic rings. The van der Waals surface area contributed by atoms with Gasteiger partial charge in [-0.1, -0.05) is 12.1 Å². The zero-order valence-electron chi connectivity index (χ0n) is 13.4. The van der Waals surface area contributed by atoms with Crippen LogP contribution in [-0.4, -0.2) is 64.6 Å².